The number of hydrogen-bond donors (Lipinski definition) is 2. The van der Waals surface area contributed by atoms with Crippen LogP contribution in [0.5, 0.6) is 5.75 Å². The molecule has 1 aromatic carbocycles. The lowest BCUT2D eigenvalue weighted by Gasteiger charge is -2.44. The number of nitrogens with one attached hydrogen (secondary N) is 1. The van der Waals surface area contributed by atoms with Gasteiger partial charge in [-0.25, -0.2) is 4.79 Å². The molecule has 2 amide bonds. The third-order valence-electron chi connectivity index (χ3n) is 6.13. The fourth-order valence-electron chi connectivity index (χ4n) is 4.49. The number of benzene rings is 1. The summed E-state index contributed by atoms with van der Waals surface area (Å²) >= 11 is 0. The second kappa shape index (κ2) is 9.77. The highest BCUT2D eigenvalue weighted by Gasteiger charge is 2.38. The predicted molar refractivity (Wildman–Crippen MR) is 121 cm³/mol. The standard InChI is InChI=1S/C23H34N4O5/c1-23(2,3)19-12-15(8-10-27(19)22(29)30)13-26-14-17-18(25-26)7-6-16(20(17)32-5)21(28)24-9-11-31-4/h6-7,14-15,19H,8-13H2,1-5H3,(H,24,28)(H,29,30). The summed E-state index contributed by atoms with van der Waals surface area (Å²) in [4.78, 5) is 25.8. The second-order valence-electron chi connectivity index (χ2n) is 9.43. The van der Waals surface area contributed by atoms with Crippen LogP contribution in [-0.2, 0) is 11.3 Å². The van der Waals surface area contributed by atoms with Crippen LogP contribution in [0.15, 0.2) is 18.3 Å². The molecule has 2 aromatic rings. The molecule has 2 heterocycles. The molecule has 2 N–H and O–H groups in total. The molecular weight excluding hydrogens is 412 g/mol. The van der Waals surface area contributed by atoms with E-state index in [1.807, 2.05) is 16.9 Å². The van der Waals surface area contributed by atoms with Crippen molar-refractivity contribution in [3.05, 3.63) is 23.9 Å². The summed E-state index contributed by atoms with van der Waals surface area (Å²) in [5, 5.41) is 17.9. The van der Waals surface area contributed by atoms with Gasteiger partial charge in [0.05, 0.1) is 30.2 Å². The van der Waals surface area contributed by atoms with Gasteiger partial charge in [-0.05, 0) is 36.3 Å². The fourth-order valence-corrected chi connectivity index (χ4v) is 4.49. The summed E-state index contributed by atoms with van der Waals surface area (Å²) in [5.74, 6) is 0.589. The molecule has 1 fully saturated rings. The van der Waals surface area contributed by atoms with Gasteiger partial charge in [-0.15, -0.1) is 0 Å². The smallest absolute Gasteiger partial charge is 0.407 e. The number of rotatable bonds is 7. The number of nitrogens with zero attached hydrogens (tertiary/aromatic N) is 3. The molecule has 1 saturated heterocycles. The summed E-state index contributed by atoms with van der Waals surface area (Å²) in [6, 6.07) is 3.51. The van der Waals surface area contributed by atoms with Crippen molar-refractivity contribution in [2.75, 3.05) is 33.9 Å². The van der Waals surface area contributed by atoms with Crippen LogP contribution in [0.25, 0.3) is 10.9 Å². The largest absolute Gasteiger partial charge is 0.495 e. The number of carbonyl (C=O) groups is 2. The normalized spacial score (nSPS) is 19.2. The van der Waals surface area contributed by atoms with Crippen LogP contribution >= 0.6 is 0 Å². The molecule has 176 valence electrons. The minimum atomic E-state index is -0.853. The monoisotopic (exact) mass is 446 g/mol. The molecule has 0 aliphatic carbocycles. The van der Waals surface area contributed by atoms with Crippen molar-refractivity contribution in [2.45, 2.75) is 46.2 Å². The SMILES string of the molecule is COCCNC(=O)c1ccc2nn(CC3CCN(C(=O)O)C(C(C)(C)C)C3)cc2c1OC. The molecule has 1 aromatic heterocycles. The van der Waals surface area contributed by atoms with Gasteiger partial charge in [0, 0.05) is 39.0 Å². The first-order chi connectivity index (χ1) is 15.2. The Morgan fingerprint density at radius 1 is 1.28 bits per heavy atom. The molecule has 1 aliphatic heterocycles. The number of amides is 2. The topological polar surface area (TPSA) is 106 Å². The summed E-state index contributed by atoms with van der Waals surface area (Å²) in [5.41, 5.74) is 1.07. The van der Waals surface area contributed by atoms with Crippen molar-refractivity contribution in [1.82, 2.24) is 20.0 Å². The molecular formula is C23H34N4O5. The number of carboxylic acid groups (broad SMARTS) is 1. The number of hydrogen-bond acceptors (Lipinski definition) is 5. The number of likely N-dealkylation sites (tertiary alicyclic amines) is 1. The third kappa shape index (κ3) is 5.15. The van der Waals surface area contributed by atoms with Crippen molar-refractivity contribution < 1.29 is 24.2 Å². The van der Waals surface area contributed by atoms with Crippen molar-refractivity contribution >= 4 is 22.9 Å². The lowest BCUT2D eigenvalue weighted by atomic mass is 9.77. The van der Waals surface area contributed by atoms with Gasteiger partial charge in [-0.2, -0.15) is 5.10 Å². The molecule has 9 nitrogen and oxygen atoms in total. The van der Waals surface area contributed by atoms with Crippen LogP contribution < -0.4 is 10.1 Å². The highest BCUT2D eigenvalue weighted by Crippen LogP contribution is 2.36. The number of ether oxygens (including phenoxy) is 2. The van der Waals surface area contributed by atoms with Gasteiger partial charge in [0.1, 0.15) is 5.75 Å². The molecule has 3 rings (SSSR count). The Bertz CT molecular complexity index is 965. The molecule has 2 unspecified atom stereocenters. The maximum absolute atomic E-state index is 12.6. The van der Waals surface area contributed by atoms with E-state index in [9.17, 15) is 14.7 Å². The fraction of sp³-hybridized carbons (Fsp3) is 0.609. The maximum Gasteiger partial charge on any atom is 0.407 e. The number of fused-ring (bicyclic) bond motifs is 1. The minimum absolute atomic E-state index is 0.0411. The highest BCUT2D eigenvalue weighted by molar-refractivity contribution is 6.03. The first-order valence-electron chi connectivity index (χ1n) is 11.0. The van der Waals surface area contributed by atoms with Crippen LogP contribution in [-0.4, -0.2) is 71.7 Å². The molecule has 0 saturated carbocycles. The number of aromatic nitrogens is 2. The number of methoxy groups -OCH3 is 2. The Kier molecular flexibility index (Phi) is 7.28. The summed E-state index contributed by atoms with van der Waals surface area (Å²) in [6.07, 6.45) is 2.64. The highest BCUT2D eigenvalue weighted by atomic mass is 16.5. The third-order valence-corrected chi connectivity index (χ3v) is 6.13. The van der Waals surface area contributed by atoms with E-state index in [0.717, 1.165) is 23.7 Å². The number of carbonyl (C=O) groups excluding carboxylic acids is 1. The van der Waals surface area contributed by atoms with Crippen LogP contribution in [0.1, 0.15) is 44.0 Å². The maximum atomic E-state index is 12.6. The second-order valence-corrected chi connectivity index (χ2v) is 9.43. The lowest BCUT2D eigenvalue weighted by molar-refractivity contribution is 0.0367. The molecule has 0 spiro atoms. The quantitative estimate of drug-likeness (QED) is 0.633. The van der Waals surface area contributed by atoms with Crippen molar-refractivity contribution in [3.63, 3.8) is 0 Å². The van der Waals surface area contributed by atoms with Crippen molar-refractivity contribution in [3.8, 4) is 5.75 Å². The Morgan fingerprint density at radius 3 is 2.66 bits per heavy atom. The zero-order chi connectivity index (χ0) is 23.5. The molecule has 0 radical (unpaired) electrons. The van der Waals surface area contributed by atoms with E-state index in [1.165, 1.54) is 0 Å². The molecule has 2 atom stereocenters. The Labute approximate surface area is 188 Å². The van der Waals surface area contributed by atoms with E-state index in [4.69, 9.17) is 9.47 Å². The summed E-state index contributed by atoms with van der Waals surface area (Å²) in [7, 11) is 3.13. The molecule has 32 heavy (non-hydrogen) atoms. The van der Waals surface area contributed by atoms with Gasteiger partial charge >= 0.3 is 6.09 Å². The van der Waals surface area contributed by atoms with Gasteiger partial charge in [-0.1, -0.05) is 20.8 Å². The van der Waals surface area contributed by atoms with E-state index in [-0.39, 0.29) is 17.4 Å². The number of piperidine rings is 1. The zero-order valence-corrected chi connectivity index (χ0v) is 19.6. The van der Waals surface area contributed by atoms with Gasteiger partial charge in [-0.3, -0.25) is 9.48 Å². The van der Waals surface area contributed by atoms with Gasteiger partial charge < -0.3 is 24.8 Å². The lowest BCUT2D eigenvalue weighted by Crippen LogP contribution is -2.52. The van der Waals surface area contributed by atoms with E-state index in [1.54, 1.807) is 25.2 Å². The summed E-state index contributed by atoms with van der Waals surface area (Å²) < 4.78 is 12.4. The summed E-state index contributed by atoms with van der Waals surface area (Å²) in [6.45, 7) is 8.32. The first-order valence-corrected chi connectivity index (χ1v) is 11.0. The van der Waals surface area contributed by atoms with E-state index >= 15 is 0 Å². The Hall–Kier alpha value is -2.81. The Morgan fingerprint density at radius 2 is 2.03 bits per heavy atom. The van der Waals surface area contributed by atoms with Crippen LogP contribution in [0.2, 0.25) is 0 Å². The minimum Gasteiger partial charge on any atom is -0.495 e. The van der Waals surface area contributed by atoms with Gasteiger partial charge in [0.25, 0.3) is 5.91 Å². The van der Waals surface area contributed by atoms with E-state index < -0.39 is 6.09 Å². The van der Waals surface area contributed by atoms with Gasteiger partial charge in [0.15, 0.2) is 0 Å². The Balaban J connectivity index is 1.80. The van der Waals surface area contributed by atoms with E-state index in [0.29, 0.717) is 43.5 Å². The van der Waals surface area contributed by atoms with Gasteiger partial charge in [0.2, 0.25) is 0 Å². The average Bonchev–Trinajstić information content (AvgIpc) is 3.14. The predicted octanol–water partition coefficient (Wildman–Crippen LogP) is 3.23. The first kappa shape index (κ1) is 23.8. The molecule has 0 bridgehead atoms. The average molecular weight is 447 g/mol. The van der Waals surface area contributed by atoms with Crippen LogP contribution in [0.3, 0.4) is 0 Å². The van der Waals surface area contributed by atoms with Crippen LogP contribution in [0, 0.1) is 11.3 Å². The molecule has 9 heteroatoms. The van der Waals surface area contributed by atoms with Crippen molar-refractivity contribution in [1.29, 1.82) is 0 Å². The van der Waals surface area contributed by atoms with Crippen LogP contribution in [0.4, 0.5) is 4.79 Å². The van der Waals surface area contributed by atoms with E-state index in [2.05, 4.69) is 31.2 Å². The van der Waals surface area contributed by atoms with Crippen molar-refractivity contribution in [2.24, 2.45) is 11.3 Å². The molecule has 1 aliphatic rings. The zero-order valence-electron chi connectivity index (χ0n) is 19.6.